The van der Waals surface area contributed by atoms with Crippen LogP contribution < -0.4 is 0 Å². The van der Waals surface area contributed by atoms with Crippen LogP contribution in [-0.4, -0.2) is 24.2 Å². The molecule has 2 heteroatoms. The monoisotopic (exact) mass is 281 g/mol. The SMILES string of the molecule is c1ccc(CN(Cc2ccccc2)CC2CCCO2)cc1. The Morgan fingerprint density at radius 2 is 1.43 bits per heavy atom. The van der Waals surface area contributed by atoms with Gasteiger partial charge in [0.15, 0.2) is 0 Å². The summed E-state index contributed by atoms with van der Waals surface area (Å²) in [5.41, 5.74) is 2.73. The molecule has 0 aliphatic carbocycles. The van der Waals surface area contributed by atoms with E-state index in [9.17, 15) is 0 Å². The maximum atomic E-state index is 5.82. The molecule has 1 fully saturated rings. The fraction of sp³-hybridized carbons (Fsp3) is 0.368. The highest BCUT2D eigenvalue weighted by molar-refractivity contribution is 5.17. The van der Waals surface area contributed by atoms with E-state index < -0.39 is 0 Å². The van der Waals surface area contributed by atoms with Crippen molar-refractivity contribution in [1.82, 2.24) is 4.90 Å². The minimum atomic E-state index is 0.400. The highest BCUT2D eigenvalue weighted by Crippen LogP contribution is 2.17. The highest BCUT2D eigenvalue weighted by Gasteiger charge is 2.19. The Labute approximate surface area is 127 Å². The quantitative estimate of drug-likeness (QED) is 0.797. The van der Waals surface area contributed by atoms with Crippen LogP contribution in [0.3, 0.4) is 0 Å². The zero-order valence-corrected chi connectivity index (χ0v) is 12.4. The van der Waals surface area contributed by atoms with Gasteiger partial charge in [-0.2, -0.15) is 0 Å². The van der Waals surface area contributed by atoms with Crippen LogP contribution in [0.5, 0.6) is 0 Å². The normalized spacial score (nSPS) is 18.2. The van der Waals surface area contributed by atoms with Gasteiger partial charge in [0.1, 0.15) is 0 Å². The Kier molecular flexibility index (Phi) is 5.03. The summed E-state index contributed by atoms with van der Waals surface area (Å²) in [4.78, 5) is 2.50. The summed E-state index contributed by atoms with van der Waals surface area (Å²) in [7, 11) is 0. The minimum Gasteiger partial charge on any atom is -0.377 e. The Hall–Kier alpha value is -1.64. The second-order valence-electron chi connectivity index (χ2n) is 5.78. The van der Waals surface area contributed by atoms with Crippen molar-refractivity contribution in [3.8, 4) is 0 Å². The van der Waals surface area contributed by atoms with E-state index in [-0.39, 0.29) is 0 Å². The smallest absolute Gasteiger partial charge is 0.0703 e. The van der Waals surface area contributed by atoms with Crippen molar-refractivity contribution in [2.45, 2.75) is 32.0 Å². The first-order valence-electron chi connectivity index (χ1n) is 7.82. The molecule has 1 aliphatic heterocycles. The van der Waals surface area contributed by atoms with E-state index in [4.69, 9.17) is 4.74 Å². The van der Waals surface area contributed by atoms with Gasteiger partial charge in [0.05, 0.1) is 6.10 Å². The molecule has 0 spiro atoms. The third-order valence-corrected chi connectivity index (χ3v) is 3.98. The molecule has 0 saturated carbocycles. The summed E-state index contributed by atoms with van der Waals surface area (Å²) < 4.78 is 5.82. The van der Waals surface area contributed by atoms with Gasteiger partial charge in [0.25, 0.3) is 0 Å². The first-order valence-corrected chi connectivity index (χ1v) is 7.82. The van der Waals surface area contributed by atoms with Crippen LogP contribution in [0, 0.1) is 0 Å². The van der Waals surface area contributed by atoms with Crippen LogP contribution in [0.4, 0.5) is 0 Å². The summed E-state index contributed by atoms with van der Waals surface area (Å²) in [5.74, 6) is 0. The second kappa shape index (κ2) is 7.39. The van der Waals surface area contributed by atoms with Crippen LogP contribution in [0.2, 0.25) is 0 Å². The zero-order valence-electron chi connectivity index (χ0n) is 12.4. The molecule has 0 bridgehead atoms. The molecule has 0 aromatic heterocycles. The van der Waals surface area contributed by atoms with Crippen molar-refractivity contribution in [2.75, 3.05) is 13.2 Å². The molecule has 3 rings (SSSR count). The molecule has 21 heavy (non-hydrogen) atoms. The summed E-state index contributed by atoms with van der Waals surface area (Å²) in [5, 5.41) is 0. The lowest BCUT2D eigenvalue weighted by atomic mass is 10.1. The van der Waals surface area contributed by atoms with Gasteiger partial charge in [-0.25, -0.2) is 0 Å². The summed E-state index contributed by atoms with van der Waals surface area (Å²) in [6, 6.07) is 21.4. The highest BCUT2D eigenvalue weighted by atomic mass is 16.5. The number of ether oxygens (including phenoxy) is 1. The maximum Gasteiger partial charge on any atom is 0.0703 e. The van der Waals surface area contributed by atoms with Crippen LogP contribution in [0.1, 0.15) is 24.0 Å². The van der Waals surface area contributed by atoms with Crippen LogP contribution >= 0.6 is 0 Å². The number of rotatable bonds is 6. The molecule has 2 nitrogen and oxygen atoms in total. The van der Waals surface area contributed by atoms with E-state index in [2.05, 4.69) is 65.6 Å². The van der Waals surface area contributed by atoms with Crippen molar-refractivity contribution in [3.05, 3.63) is 71.8 Å². The third-order valence-electron chi connectivity index (χ3n) is 3.98. The lowest BCUT2D eigenvalue weighted by Crippen LogP contribution is -2.31. The molecule has 0 amide bonds. The van der Waals surface area contributed by atoms with Gasteiger partial charge >= 0.3 is 0 Å². The number of benzene rings is 2. The number of hydrogen-bond acceptors (Lipinski definition) is 2. The van der Waals surface area contributed by atoms with Crippen molar-refractivity contribution in [3.63, 3.8) is 0 Å². The van der Waals surface area contributed by atoms with Crippen molar-refractivity contribution >= 4 is 0 Å². The van der Waals surface area contributed by atoms with Gasteiger partial charge < -0.3 is 4.74 Å². The Bertz CT molecular complexity index is 478. The van der Waals surface area contributed by atoms with E-state index in [0.29, 0.717) is 6.10 Å². The first kappa shape index (κ1) is 14.3. The Morgan fingerprint density at radius 3 is 1.90 bits per heavy atom. The van der Waals surface area contributed by atoms with E-state index in [0.717, 1.165) is 26.2 Å². The van der Waals surface area contributed by atoms with Gasteiger partial charge in [0, 0.05) is 26.2 Å². The predicted octanol–water partition coefficient (Wildman–Crippen LogP) is 3.87. The van der Waals surface area contributed by atoms with Crippen LogP contribution in [0.25, 0.3) is 0 Å². The van der Waals surface area contributed by atoms with E-state index in [1.807, 2.05) is 0 Å². The first-order chi connectivity index (χ1) is 10.4. The van der Waals surface area contributed by atoms with Gasteiger partial charge in [0.2, 0.25) is 0 Å². The fourth-order valence-corrected chi connectivity index (χ4v) is 2.94. The maximum absolute atomic E-state index is 5.82. The average molecular weight is 281 g/mol. The largest absolute Gasteiger partial charge is 0.377 e. The standard InChI is InChI=1S/C19H23NO/c1-3-8-17(9-4-1)14-20(16-19-12-7-13-21-19)15-18-10-5-2-6-11-18/h1-6,8-11,19H,7,12-16H2. The average Bonchev–Trinajstić information content (AvgIpc) is 3.02. The second-order valence-corrected chi connectivity index (χ2v) is 5.78. The fourth-order valence-electron chi connectivity index (χ4n) is 2.94. The van der Waals surface area contributed by atoms with E-state index in [1.165, 1.54) is 24.0 Å². The predicted molar refractivity (Wildman–Crippen MR) is 86.0 cm³/mol. The number of hydrogen-bond donors (Lipinski definition) is 0. The summed E-state index contributed by atoms with van der Waals surface area (Å²) in [6.07, 6.45) is 2.80. The Morgan fingerprint density at radius 1 is 0.857 bits per heavy atom. The lowest BCUT2D eigenvalue weighted by Gasteiger charge is -2.25. The van der Waals surface area contributed by atoms with Crippen LogP contribution in [-0.2, 0) is 17.8 Å². The van der Waals surface area contributed by atoms with Gasteiger partial charge in [-0.3, -0.25) is 4.90 Å². The van der Waals surface area contributed by atoms with Crippen LogP contribution in [0.15, 0.2) is 60.7 Å². The van der Waals surface area contributed by atoms with Crippen molar-refractivity contribution < 1.29 is 4.74 Å². The molecule has 1 heterocycles. The lowest BCUT2D eigenvalue weighted by molar-refractivity contribution is 0.0679. The molecule has 1 atom stereocenters. The topological polar surface area (TPSA) is 12.5 Å². The van der Waals surface area contributed by atoms with Gasteiger partial charge in [-0.05, 0) is 24.0 Å². The molecule has 110 valence electrons. The molecule has 2 aromatic carbocycles. The summed E-state index contributed by atoms with van der Waals surface area (Å²) >= 11 is 0. The third kappa shape index (κ3) is 4.42. The number of nitrogens with zero attached hydrogens (tertiary/aromatic N) is 1. The summed E-state index contributed by atoms with van der Waals surface area (Å²) in [6.45, 7) is 3.91. The van der Waals surface area contributed by atoms with Crippen molar-refractivity contribution in [1.29, 1.82) is 0 Å². The molecule has 2 aromatic rings. The van der Waals surface area contributed by atoms with Gasteiger partial charge in [-0.1, -0.05) is 60.7 Å². The van der Waals surface area contributed by atoms with E-state index in [1.54, 1.807) is 0 Å². The molecular formula is C19H23NO. The van der Waals surface area contributed by atoms with Crippen molar-refractivity contribution in [2.24, 2.45) is 0 Å². The Balaban J connectivity index is 1.67. The molecule has 0 radical (unpaired) electrons. The van der Waals surface area contributed by atoms with E-state index >= 15 is 0 Å². The minimum absolute atomic E-state index is 0.400. The molecular weight excluding hydrogens is 258 g/mol. The zero-order chi connectivity index (χ0) is 14.3. The van der Waals surface area contributed by atoms with Gasteiger partial charge in [-0.15, -0.1) is 0 Å². The molecule has 1 aliphatic rings. The molecule has 1 saturated heterocycles. The molecule has 0 N–H and O–H groups in total. The molecule has 1 unspecified atom stereocenters.